The fourth-order valence-electron chi connectivity index (χ4n) is 3.33. The van der Waals surface area contributed by atoms with Crippen LogP contribution in [0.15, 0.2) is 62.9 Å². The Morgan fingerprint density at radius 3 is 2.28 bits per heavy atom. The standard InChI is InChI=1S/C23H29BrN4O3S.C2HF3O2/c1-28(16-12-18-4-6-19(7-5-18)23-26-14-15-27-23)22(29)3-2-13-25-17-32(30,31)21-10-8-20(24)9-11-21;3-2(4,5)1(6)7/h4-11,25H,2-3,12-17H2,1H3,(H,26,27);(H,6,7). The predicted molar refractivity (Wildman–Crippen MR) is 144 cm³/mol. The van der Waals surface area contributed by atoms with Gasteiger partial charge >= 0.3 is 12.1 Å². The Bertz CT molecular complexity index is 1240. The van der Waals surface area contributed by atoms with E-state index in [1.165, 1.54) is 5.56 Å². The molecule has 0 saturated carbocycles. The molecule has 1 amide bonds. The van der Waals surface area contributed by atoms with Crippen LogP contribution in [-0.4, -0.2) is 81.4 Å². The maximum atomic E-state index is 12.4. The second-order valence-corrected chi connectivity index (χ2v) is 11.4. The molecule has 0 radical (unpaired) electrons. The monoisotopic (exact) mass is 634 g/mol. The summed E-state index contributed by atoms with van der Waals surface area (Å²) in [4.78, 5) is 27.7. The zero-order valence-electron chi connectivity index (χ0n) is 21.2. The smallest absolute Gasteiger partial charge is 0.475 e. The van der Waals surface area contributed by atoms with Crippen molar-refractivity contribution in [1.82, 2.24) is 15.5 Å². The van der Waals surface area contributed by atoms with Crippen molar-refractivity contribution in [3.05, 3.63) is 64.1 Å². The van der Waals surface area contributed by atoms with E-state index in [0.717, 1.165) is 35.4 Å². The lowest BCUT2D eigenvalue weighted by Crippen LogP contribution is -2.30. The van der Waals surface area contributed by atoms with Gasteiger partial charge in [-0.1, -0.05) is 40.2 Å². The van der Waals surface area contributed by atoms with Crippen molar-refractivity contribution in [3.8, 4) is 0 Å². The molecule has 2 aromatic carbocycles. The first-order chi connectivity index (χ1) is 18.3. The molecule has 1 aliphatic heterocycles. The van der Waals surface area contributed by atoms with Crippen LogP contribution in [0.1, 0.15) is 24.0 Å². The number of hydrogen-bond donors (Lipinski definition) is 3. The molecule has 0 aliphatic carbocycles. The lowest BCUT2D eigenvalue weighted by molar-refractivity contribution is -0.192. The summed E-state index contributed by atoms with van der Waals surface area (Å²) in [6.07, 6.45) is -3.33. The topological polar surface area (TPSA) is 128 Å². The normalized spacial score (nSPS) is 13.1. The number of halogens is 4. The van der Waals surface area contributed by atoms with Crippen LogP contribution in [0.4, 0.5) is 13.2 Å². The fourth-order valence-corrected chi connectivity index (χ4v) is 4.72. The number of likely N-dealkylation sites (N-methyl/N-ethyl adjacent to an activating group) is 1. The van der Waals surface area contributed by atoms with Crippen molar-refractivity contribution >= 4 is 43.5 Å². The summed E-state index contributed by atoms with van der Waals surface area (Å²) < 4.78 is 57.2. The molecule has 0 saturated heterocycles. The van der Waals surface area contributed by atoms with Gasteiger partial charge in [0.15, 0.2) is 9.84 Å². The minimum Gasteiger partial charge on any atom is -0.475 e. The van der Waals surface area contributed by atoms with Gasteiger partial charge in [-0.3, -0.25) is 9.79 Å². The van der Waals surface area contributed by atoms with E-state index >= 15 is 0 Å². The summed E-state index contributed by atoms with van der Waals surface area (Å²) in [7, 11) is -1.58. The number of aliphatic carboxylic acids is 1. The Morgan fingerprint density at radius 1 is 1.13 bits per heavy atom. The van der Waals surface area contributed by atoms with Gasteiger partial charge in [0.1, 0.15) is 11.7 Å². The number of carbonyl (C=O) groups excluding carboxylic acids is 1. The fraction of sp³-hybridized carbons (Fsp3) is 0.400. The third-order valence-electron chi connectivity index (χ3n) is 5.51. The summed E-state index contributed by atoms with van der Waals surface area (Å²) in [6.45, 7) is 2.82. The quantitative estimate of drug-likeness (QED) is 0.324. The van der Waals surface area contributed by atoms with Crippen molar-refractivity contribution in [1.29, 1.82) is 0 Å². The van der Waals surface area contributed by atoms with E-state index in [4.69, 9.17) is 9.90 Å². The zero-order chi connectivity index (χ0) is 29.1. The number of nitrogens with one attached hydrogen (secondary N) is 2. The highest BCUT2D eigenvalue weighted by molar-refractivity contribution is 9.10. The Kier molecular flexibility index (Phi) is 12.4. The SMILES string of the molecule is CN(CCc1ccc(C2=NCCN2)cc1)C(=O)CCCNCS(=O)(=O)c1ccc(Br)cc1.O=C(O)C(F)(F)F. The Hall–Kier alpha value is -2.97. The maximum absolute atomic E-state index is 12.4. The van der Waals surface area contributed by atoms with E-state index in [0.29, 0.717) is 25.9 Å². The van der Waals surface area contributed by atoms with Gasteiger partial charge < -0.3 is 20.6 Å². The average Bonchev–Trinajstić information content (AvgIpc) is 3.42. The van der Waals surface area contributed by atoms with Gasteiger partial charge in [0.05, 0.1) is 11.4 Å². The molecule has 1 heterocycles. The van der Waals surface area contributed by atoms with Crippen molar-refractivity contribution in [2.45, 2.75) is 30.3 Å². The second kappa shape index (κ2) is 15.0. The van der Waals surface area contributed by atoms with Gasteiger partial charge in [-0.25, -0.2) is 13.2 Å². The number of nitrogens with zero attached hydrogens (tertiary/aromatic N) is 2. The Labute approximate surface area is 233 Å². The first-order valence-electron chi connectivity index (χ1n) is 11.9. The number of carbonyl (C=O) groups is 2. The molecule has 9 nitrogen and oxygen atoms in total. The van der Waals surface area contributed by atoms with Gasteiger partial charge in [0, 0.05) is 36.6 Å². The molecule has 0 atom stereocenters. The van der Waals surface area contributed by atoms with Crippen LogP contribution in [-0.2, 0) is 25.8 Å². The van der Waals surface area contributed by atoms with Gasteiger partial charge in [0.25, 0.3) is 0 Å². The Morgan fingerprint density at radius 2 is 1.74 bits per heavy atom. The van der Waals surface area contributed by atoms with Crippen LogP contribution in [0.2, 0.25) is 0 Å². The molecular formula is C25H30BrF3N4O5S. The molecule has 3 N–H and O–H groups in total. The number of carboxylic acids is 1. The number of amides is 1. The molecule has 2 aromatic rings. The van der Waals surface area contributed by atoms with Gasteiger partial charge in [-0.05, 0) is 49.2 Å². The van der Waals surface area contributed by atoms with Gasteiger partial charge in [-0.2, -0.15) is 13.2 Å². The third kappa shape index (κ3) is 11.3. The minimum absolute atomic E-state index is 0.0590. The summed E-state index contributed by atoms with van der Waals surface area (Å²) >= 11 is 3.30. The first-order valence-corrected chi connectivity index (χ1v) is 14.3. The van der Waals surface area contributed by atoms with Crippen molar-refractivity contribution < 1.29 is 36.3 Å². The summed E-state index contributed by atoms with van der Waals surface area (Å²) in [5, 5.41) is 13.3. The summed E-state index contributed by atoms with van der Waals surface area (Å²) in [6, 6.07) is 14.8. The van der Waals surface area contributed by atoms with Crippen molar-refractivity contribution in [2.75, 3.05) is 39.1 Å². The van der Waals surface area contributed by atoms with E-state index in [2.05, 4.69) is 55.8 Å². The highest BCUT2D eigenvalue weighted by atomic mass is 79.9. The average molecular weight is 636 g/mol. The molecule has 0 bridgehead atoms. The largest absolute Gasteiger partial charge is 0.490 e. The van der Waals surface area contributed by atoms with Crippen LogP contribution < -0.4 is 10.6 Å². The van der Waals surface area contributed by atoms with E-state index in [1.54, 1.807) is 36.2 Å². The molecular weight excluding hydrogens is 605 g/mol. The number of amidine groups is 1. The predicted octanol–water partition coefficient (Wildman–Crippen LogP) is 3.23. The lowest BCUT2D eigenvalue weighted by atomic mass is 10.1. The molecule has 14 heteroatoms. The van der Waals surface area contributed by atoms with Crippen LogP contribution >= 0.6 is 15.9 Å². The molecule has 39 heavy (non-hydrogen) atoms. The molecule has 0 spiro atoms. The summed E-state index contributed by atoms with van der Waals surface area (Å²) in [5.74, 6) is -1.89. The number of sulfone groups is 1. The highest BCUT2D eigenvalue weighted by Crippen LogP contribution is 2.15. The lowest BCUT2D eigenvalue weighted by Gasteiger charge is -2.17. The van der Waals surface area contributed by atoms with Crippen molar-refractivity contribution in [2.24, 2.45) is 4.99 Å². The van der Waals surface area contributed by atoms with Crippen LogP contribution in [0, 0.1) is 0 Å². The van der Waals surface area contributed by atoms with E-state index in [9.17, 15) is 26.4 Å². The molecule has 3 rings (SSSR count). The molecule has 0 aromatic heterocycles. The second-order valence-electron chi connectivity index (χ2n) is 8.54. The van der Waals surface area contributed by atoms with Crippen LogP contribution in [0.25, 0.3) is 0 Å². The minimum atomic E-state index is -5.08. The van der Waals surface area contributed by atoms with Crippen LogP contribution in [0.5, 0.6) is 0 Å². The first kappa shape index (κ1) is 32.2. The zero-order valence-corrected chi connectivity index (χ0v) is 23.6. The number of carboxylic acid groups (broad SMARTS) is 1. The van der Waals surface area contributed by atoms with Crippen molar-refractivity contribution in [3.63, 3.8) is 0 Å². The summed E-state index contributed by atoms with van der Waals surface area (Å²) in [5.41, 5.74) is 2.26. The highest BCUT2D eigenvalue weighted by Gasteiger charge is 2.38. The molecule has 214 valence electrons. The number of benzene rings is 2. The van der Waals surface area contributed by atoms with Gasteiger partial charge in [-0.15, -0.1) is 0 Å². The Balaban J connectivity index is 0.000000673. The van der Waals surface area contributed by atoms with E-state index < -0.39 is 22.0 Å². The van der Waals surface area contributed by atoms with E-state index in [1.807, 2.05) is 0 Å². The van der Waals surface area contributed by atoms with Crippen LogP contribution in [0.3, 0.4) is 0 Å². The molecule has 0 fully saturated rings. The number of rotatable bonds is 11. The number of hydrogen-bond acceptors (Lipinski definition) is 7. The molecule has 1 aliphatic rings. The number of alkyl halides is 3. The third-order valence-corrected chi connectivity index (χ3v) is 7.62. The van der Waals surface area contributed by atoms with E-state index in [-0.39, 0.29) is 16.7 Å². The maximum Gasteiger partial charge on any atom is 0.490 e. The van der Waals surface area contributed by atoms with Gasteiger partial charge in [0.2, 0.25) is 5.91 Å². The molecule has 0 unspecified atom stereocenters. The number of aliphatic imine (C=N–C) groups is 1.